The molecule has 0 aliphatic carbocycles. The molecular weight excluding hydrogens is 398 g/mol. The first kappa shape index (κ1) is 20.8. The van der Waals surface area contributed by atoms with E-state index in [1.165, 1.54) is 0 Å². The number of carbonyl (C=O) groups excluding carboxylic acids is 2. The van der Waals surface area contributed by atoms with Crippen molar-refractivity contribution in [3.63, 3.8) is 0 Å². The molecule has 30 heavy (non-hydrogen) atoms. The first-order valence-electron chi connectivity index (χ1n) is 10.2. The van der Waals surface area contributed by atoms with E-state index in [-0.39, 0.29) is 23.8 Å². The van der Waals surface area contributed by atoms with Crippen molar-refractivity contribution in [3.8, 4) is 0 Å². The van der Waals surface area contributed by atoms with E-state index >= 15 is 0 Å². The third-order valence-electron chi connectivity index (χ3n) is 5.08. The second kappa shape index (κ2) is 9.10. The van der Waals surface area contributed by atoms with E-state index in [9.17, 15) is 9.59 Å². The van der Waals surface area contributed by atoms with E-state index < -0.39 is 6.04 Å². The van der Waals surface area contributed by atoms with Crippen molar-refractivity contribution >= 4 is 35.0 Å². The van der Waals surface area contributed by atoms with Crippen LogP contribution in [0.25, 0.3) is 0 Å². The zero-order chi connectivity index (χ0) is 21.1. The van der Waals surface area contributed by atoms with E-state index in [4.69, 9.17) is 4.74 Å². The smallest absolute Gasteiger partial charge is 0.252 e. The fraction of sp³-hybridized carbons (Fsp3) is 0.348. The molecule has 0 saturated carbocycles. The lowest BCUT2D eigenvalue weighted by molar-refractivity contribution is -0.123. The summed E-state index contributed by atoms with van der Waals surface area (Å²) in [4.78, 5) is 27.9. The van der Waals surface area contributed by atoms with Gasteiger partial charge in [0.15, 0.2) is 0 Å². The second-order valence-corrected chi connectivity index (χ2v) is 9.08. The lowest BCUT2D eigenvalue weighted by Crippen LogP contribution is -2.49. The Kier molecular flexibility index (Phi) is 6.29. The van der Waals surface area contributed by atoms with Crippen LogP contribution in [0.15, 0.2) is 52.3 Å². The Labute approximate surface area is 181 Å². The van der Waals surface area contributed by atoms with E-state index in [0.29, 0.717) is 18.6 Å². The van der Waals surface area contributed by atoms with Gasteiger partial charge in [-0.1, -0.05) is 37.7 Å². The van der Waals surface area contributed by atoms with Crippen LogP contribution in [0.4, 0.5) is 11.4 Å². The van der Waals surface area contributed by atoms with Crippen LogP contribution < -0.4 is 16.0 Å². The molecule has 2 aromatic rings. The highest BCUT2D eigenvalue weighted by atomic mass is 32.2. The number of anilines is 2. The summed E-state index contributed by atoms with van der Waals surface area (Å²) in [5, 5.41) is 9.27. The first-order chi connectivity index (χ1) is 14.5. The van der Waals surface area contributed by atoms with E-state index in [2.05, 4.69) is 22.0 Å². The fourth-order valence-corrected chi connectivity index (χ4v) is 4.53. The number of amides is 2. The van der Waals surface area contributed by atoms with Gasteiger partial charge in [0.05, 0.1) is 17.4 Å². The first-order valence-corrected chi connectivity index (χ1v) is 11.1. The Morgan fingerprint density at radius 3 is 2.73 bits per heavy atom. The van der Waals surface area contributed by atoms with Gasteiger partial charge in [-0.3, -0.25) is 9.59 Å². The number of rotatable bonds is 6. The summed E-state index contributed by atoms with van der Waals surface area (Å²) in [5.41, 5.74) is 2.45. The highest BCUT2D eigenvalue weighted by Crippen LogP contribution is 2.44. The van der Waals surface area contributed by atoms with Crippen LogP contribution in [-0.2, 0) is 9.53 Å². The third kappa shape index (κ3) is 4.79. The Morgan fingerprint density at radius 2 is 1.97 bits per heavy atom. The van der Waals surface area contributed by atoms with Crippen molar-refractivity contribution in [3.05, 3.63) is 54.6 Å². The van der Waals surface area contributed by atoms with Gasteiger partial charge in [-0.2, -0.15) is 0 Å². The molecule has 2 aromatic carbocycles. The SMILES string of the molecule is CC(C)C[C@H](NC(=O)c1ccc2c(c1)Nc1ccccc1S2)C(=O)N[C@@H]1[CH]OCC1. The fourth-order valence-electron chi connectivity index (χ4n) is 3.56. The van der Waals surface area contributed by atoms with Crippen molar-refractivity contribution in [2.24, 2.45) is 5.92 Å². The zero-order valence-electron chi connectivity index (χ0n) is 17.1. The molecule has 1 saturated heterocycles. The molecule has 0 aromatic heterocycles. The average Bonchev–Trinajstić information content (AvgIpc) is 3.24. The summed E-state index contributed by atoms with van der Waals surface area (Å²) >= 11 is 1.67. The molecule has 0 bridgehead atoms. The molecule has 2 atom stereocenters. The lowest BCUT2D eigenvalue weighted by atomic mass is 10.0. The van der Waals surface area contributed by atoms with Gasteiger partial charge in [0, 0.05) is 22.0 Å². The van der Waals surface area contributed by atoms with Crippen LogP contribution in [0, 0.1) is 12.5 Å². The minimum atomic E-state index is -0.592. The number of hydrogen-bond donors (Lipinski definition) is 3. The number of nitrogens with one attached hydrogen (secondary N) is 3. The Hall–Kier alpha value is -2.51. The minimum Gasteiger partial charge on any atom is -0.373 e. The molecular formula is C23H26N3O3S. The molecule has 4 rings (SSSR count). The van der Waals surface area contributed by atoms with Gasteiger partial charge in [-0.25, -0.2) is 0 Å². The summed E-state index contributed by atoms with van der Waals surface area (Å²) in [7, 11) is 0. The monoisotopic (exact) mass is 424 g/mol. The van der Waals surface area contributed by atoms with Crippen molar-refractivity contribution in [2.45, 2.75) is 48.6 Å². The largest absolute Gasteiger partial charge is 0.373 e. The van der Waals surface area contributed by atoms with Gasteiger partial charge in [0.2, 0.25) is 5.91 Å². The van der Waals surface area contributed by atoms with E-state index in [1.54, 1.807) is 24.4 Å². The molecule has 1 fully saturated rings. The second-order valence-electron chi connectivity index (χ2n) is 8.00. The van der Waals surface area contributed by atoms with Gasteiger partial charge >= 0.3 is 0 Å². The summed E-state index contributed by atoms with van der Waals surface area (Å²) in [6, 6.07) is 13.0. The van der Waals surface area contributed by atoms with Gasteiger partial charge in [0.1, 0.15) is 12.6 Å². The number of carbonyl (C=O) groups is 2. The number of para-hydroxylation sites is 1. The van der Waals surface area contributed by atoms with Crippen LogP contribution in [0.1, 0.15) is 37.0 Å². The molecule has 157 valence electrons. The number of fused-ring (bicyclic) bond motifs is 2. The normalized spacial score (nSPS) is 18.2. The molecule has 7 heteroatoms. The predicted octanol–water partition coefficient (Wildman–Crippen LogP) is 4.11. The molecule has 2 heterocycles. The van der Waals surface area contributed by atoms with Gasteiger partial charge in [0.25, 0.3) is 5.91 Å². The van der Waals surface area contributed by atoms with E-state index in [0.717, 1.165) is 27.6 Å². The van der Waals surface area contributed by atoms with Crippen LogP contribution in [0.2, 0.25) is 0 Å². The van der Waals surface area contributed by atoms with Crippen LogP contribution in [0.3, 0.4) is 0 Å². The van der Waals surface area contributed by atoms with Gasteiger partial charge in [-0.05, 0) is 49.1 Å². The maximum Gasteiger partial charge on any atom is 0.252 e. The van der Waals surface area contributed by atoms with Crippen LogP contribution >= 0.6 is 11.8 Å². The molecule has 6 nitrogen and oxygen atoms in total. The highest BCUT2D eigenvalue weighted by molar-refractivity contribution is 7.99. The van der Waals surface area contributed by atoms with Crippen LogP contribution in [-0.4, -0.2) is 30.5 Å². The van der Waals surface area contributed by atoms with Gasteiger partial charge < -0.3 is 20.7 Å². The van der Waals surface area contributed by atoms with Crippen LogP contribution in [0.5, 0.6) is 0 Å². The summed E-state index contributed by atoms with van der Waals surface area (Å²) in [5.74, 6) is -0.164. The lowest BCUT2D eigenvalue weighted by Gasteiger charge is -2.23. The highest BCUT2D eigenvalue weighted by Gasteiger charge is 2.27. The predicted molar refractivity (Wildman–Crippen MR) is 118 cm³/mol. The Morgan fingerprint density at radius 1 is 1.17 bits per heavy atom. The minimum absolute atomic E-state index is 0.103. The molecule has 3 N–H and O–H groups in total. The van der Waals surface area contributed by atoms with E-state index in [1.807, 2.05) is 44.2 Å². The van der Waals surface area contributed by atoms with Crippen molar-refractivity contribution in [2.75, 3.05) is 11.9 Å². The molecule has 1 radical (unpaired) electrons. The van der Waals surface area contributed by atoms with Crippen molar-refractivity contribution < 1.29 is 14.3 Å². The zero-order valence-corrected chi connectivity index (χ0v) is 17.9. The quantitative estimate of drug-likeness (QED) is 0.555. The molecule has 0 spiro atoms. The molecule has 0 unspecified atom stereocenters. The maximum atomic E-state index is 13.0. The van der Waals surface area contributed by atoms with Crippen molar-refractivity contribution in [1.29, 1.82) is 0 Å². The standard InChI is InChI=1S/C23H26N3O3S/c1-14(2)11-19(23(28)24-16-9-10-29-13-16)26-22(27)15-7-8-21-18(12-15)25-17-5-3-4-6-20(17)30-21/h3-8,12-14,16,19,25H,9-11H2,1-2H3,(H,24,28)(H,26,27)/t16-,19-/m0/s1. The maximum absolute atomic E-state index is 13.0. The average molecular weight is 425 g/mol. The summed E-state index contributed by atoms with van der Waals surface area (Å²) in [6.07, 6.45) is 1.32. The molecule has 2 aliphatic heterocycles. The Bertz CT molecular complexity index is 941. The van der Waals surface area contributed by atoms with Gasteiger partial charge in [-0.15, -0.1) is 0 Å². The molecule has 2 amide bonds. The van der Waals surface area contributed by atoms with Crippen molar-refractivity contribution in [1.82, 2.24) is 10.6 Å². The number of hydrogen-bond acceptors (Lipinski definition) is 5. The summed E-state index contributed by atoms with van der Waals surface area (Å²) in [6.45, 7) is 6.33. The third-order valence-corrected chi connectivity index (χ3v) is 6.23. The summed E-state index contributed by atoms with van der Waals surface area (Å²) < 4.78 is 5.21. The molecule has 2 aliphatic rings. The number of benzene rings is 2. The Balaban J connectivity index is 1.46. The topological polar surface area (TPSA) is 79.5 Å². The number of ether oxygens (including phenoxy) is 1.